The van der Waals surface area contributed by atoms with Crippen LogP contribution in [0.5, 0.6) is 11.5 Å². The maximum atomic E-state index is 12.9. The number of hydrogen-bond donors (Lipinski definition) is 3. The SMILES string of the molecule is CCS(=O)(=O)N[C@H](C(=O)NC1CCCCC1c1ccc(O)c(OC)c1)C(C)C. The van der Waals surface area contributed by atoms with Gasteiger partial charge in [-0.25, -0.2) is 13.1 Å². The van der Waals surface area contributed by atoms with Gasteiger partial charge < -0.3 is 15.2 Å². The number of carbonyl (C=O) groups is 1. The molecule has 1 aromatic carbocycles. The largest absolute Gasteiger partial charge is 0.504 e. The van der Waals surface area contributed by atoms with Gasteiger partial charge in [-0.15, -0.1) is 0 Å². The van der Waals surface area contributed by atoms with Crippen LogP contribution in [-0.2, 0) is 14.8 Å². The molecule has 1 amide bonds. The minimum absolute atomic E-state index is 0.0666. The quantitative estimate of drug-likeness (QED) is 0.608. The van der Waals surface area contributed by atoms with Crippen LogP contribution < -0.4 is 14.8 Å². The molecule has 28 heavy (non-hydrogen) atoms. The van der Waals surface area contributed by atoms with E-state index in [1.807, 2.05) is 26.0 Å². The Balaban J connectivity index is 2.20. The number of aromatic hydroxyl groups is 1. The Hall–Kier alpha value is -1.80. The Labute approximate surface area is 167 Å². The normalized spacial score (nSPS) is 21.3. The molecule has 1 saturated carbocycles. The minimum atomic E-state index is -3.48. The first kappa shape index (κ1) is 22.5. The van der Waals surface area contributed by atoms with E-state index in [1.54, 1.807) is 13.0 Å². The van der Waals surface area contributed by atoms with Crippen molar-refractivity contribution in [2.75, 3.05) is 12.9 Å². The van der Waals surface area contributed by atoms with Crippen LogP contribution in [0.1, 0.15) is 57.9 Å². The summed E-state index contributed by atoms with van der Waals surface area (Å²) >= 11 is 0. The molecule has 2 rings (SSSR count). The maximum Gasteiger partial charge on any atom is 0.238 e. The molecule has 1 aliphatic carbocycles. The second kappa shape index (κ2) is 9.60. The predicted octanol–water partition coefficient (Wildman–Crippen LogP) is 2.51. The Morgan fingerprint density at radius 1 is 1.29 bits per heavy atom. The summed E-state index contributed by atoms with van der Waals surface area (Å²) in [6.07, 6.45) is 3.79. The number of rotatable bonds is 8. The second-order valence-electron chi connectivity index (χ2n) is 7.68. The molecule has 0 spiro atoms. The first-order valence-corrected chi connectivity index (χ1v) is 11.5. The average molecular weight is 413 g/mol. The van der Waals surface area contributed by atoms with Gasteiger partial charge in [-0.05, 0) is 43.4 Å². The molecule has 3 atom stereocenters. The lowest BCUT2D eigenvalue weighted by Gasteiger charge is -2.34. The number of nitrogens with one attached hydrogen (secondary N) is 2. The number of hydrogen-bond acceptors (Lipinski definition) is 5. The number of phenols is 1. The molecular formula is C20H32N2O5S. The van der Waals surface area contributed by atoms with Gasteiger partial charge in [-0.3, -0.25) is 4.79 Å². The number of ether oxygens (including phenoxy) is 1. The fraction of sp³-hybridized carbons (Fsp3) is 0.650. The van der Waals surface area contributed by atoms with E-state index in [0.29, 0.717) is 5.75 Å². The summed E-state index contributed by atoms with van der Waals surface area (Å²) in [7, 11) is -1.98. The summed E-state index contributed by atoms with van der Waals surface area (Å²) in [6.45, 7) is 5.20. The highest BCUT2D eigenvalue weighted by Gasteiger charge is 2.32. The third-order valence-corrected chi connectivity index (χ3v) is 6.73. The molecule has 8 heteroatoms. The molecular weight excluding hydrogens is 380 g/mol. The molecule has 0 radical (unpaired) electrons. The van der Waals surface area contributed by atoms with Crippen molar-refractivity contribution >= 4 is 15.9 Å². The van der Waals surface area contributed by atoms with Crippen LogP contribution in [0.4, 0.5) is 0 Å². The smallest absolute Gasteiger partial charge is 0.238 e. The lowest BCUT2D eigenvalue weighted by atomic mass is 9.79. The van der Waals surface area contributed by atoms with Crippen molar-refractivity contribution < 1.29 is 23.1 Å². The fourth-order valence-electron chi connectivity index (χ4n) is 3.67. The first-order chi connectivity index (χ1) is 13.2. The molecule has 0 saturated heterocycles. The zero-order valence-corrected chi connectivity index (χ0v) is 17.9. The Kier molecular flexibility index (Phi) is 7.71. The van der Waals surface area contributed by atoms with E-state index in [-0.39, 0.29) is 35.3 Å². The summed E-state index contributed by atoms with van der Waals surface area (Å²) in [4.78, 5) is 12.9. The van der Waals surface area contributed by atoms with Gasteiger partial charge in [-0.1, -0.05) is 32.8 Å². The van der Waals surface area contributed by atoms with Gasteiger partial charge in [0.25, 0.3) is 0 Å². The molecule has 0 heterocycles. The zero-order valence-electron chi connectivity index (χ0n) is 17.1. The number of phenolic OH excluding ortho intramolecular Hbond substituents is 1. The first-order valence-electron chi connectivity index (χ1n) is 9.85. The highest BCUT2D eigenvalue weighted by atomic mass is 32.2. The third-order valence-electron chi connectivity index (χ3n) is 5.36. The molecule has 3 N–H and O–H groups in total. The number of amides is 1. The van der Waals surface area contributed by atoms with Crippen molar-refractivity contribution in [3.63, 3.8) is 0 Å². The van der Waals surface area contributed by atoms with E-state index in [4.69, 9.17) is 4.74 Å². The van der Waals surface area contributed by atoms with Crippen LogP contribution in [0.25, 0.3) is 0 Å². The Morgan fingerprint density at radius 2 is 1.96 bits per heavy atom. The highest BCUT2D eigenvalue weighted by Crippen LogP contribution is 2.37. The highest BCUT2D eigenvalue weighted by molar-refractivity contribution is 7.89. The average Bonchev–Trinajstić information content (AvgIpc) is 2.67. The van der Waals surface area contributed by atoms with Gasteiger partial charge >= 0.3 is 0 Å². The van der Waals surface area contributed by atoms with E-state index in [0.717, 1.165) is 31.2 Å². The lowest BCUT2D eigenvalue weighted by Crippen LogP contribution is -2.53. The van der Waals surface area contributed by atoms with Crippen molar-refractivity contribution in [3.8, 4) is 11.5 Å². The number of carbonyl (C=O) groups excluding carboxylic acids is 1. The van der Waals surface area contributed by atoms with Crippen molar-refractivity contribution in [1.29, 1.82) is 0 Å². The van der Waals surface area contributed by atoms with Gasteiger partial charge in [0.1, 0.15) is 6.04 Å². The standard InChI is InChI=1S/C20H32N2O5S/c1-5-28(25,26)22-19(13(2)3)20(24)21-16-9-7-6-8-15(16)14-10-11-17(23)18(12-14)27-4/h10-13,15-16,19,22-23H,5-9H2,1-4H3,(H,21,24)/t15?,16?,19-/m0/s1. The van der Waals surface area contributed by atoms with Crippen LogP contribution in [0.3, 0.4) is 0 Å². The van der Waals surface area contributed by atoms with E-state index in [2.05, 4.69) is 10.0 Å². The van der Waals surface area contributed by atoms with E-state index in [1.165, 1.54) is 7.11 Å². The topological polar surface area (TPSA) is 105 Å². The van der Waals surface area contributed by atoms with Gasteiger partial charge in [0.2, 0.25) is 15.9 Å². The molecule has 0 bridgehead atoms. The monoisotopic (exact) mass is 412 g/mol. The summed E-state index contributed by atoms with van der Waals surface area (Å²) < 4.78 is 31.7. The summed E-state index contributed by atoms with van der Waals surface area (Å²) in [5.41, 5.74) is 0.995. The number of methoxy groups -OCH3 is 1. The van der Waals surface area contributed by atoms with Gasteiger partial charge in [-0.2, -0.15) is 0 Å². The molecule has 7 nitrogen and oxygen atoms in total. The molecule has 1 aromatic rings. The minimum Gasteiger partial charge on any atom is -0.504 e. The lowest BCUT2D eigenvalue weighted by molar-refractivity contribution is -0.124. The molecule has 2 unspecified atom stereocenters. The van der Waals surface area contributed by atoms with Crippen molar-refractivity contribution in [2.45, 2.75) is 64.5 Å². The van der Waals surface area contributed by atoms with E-state index in [9.17, 15) is 18.3 Å². The van der Waals surface area contributed by atoms with Crippen molar-refractivity contribution in [2.24, 2.45) is 5.92 Å². The third kappa shape index (κ3) is 5.61. The number of benzene rings is 1. The molecule has 1 fully saturated rings. The van der Waals surface area contributed by atoms with Gasteiger partial charge in [0.15, 0.2) is 11.5 Å². The summed E-state index contributed by atoms with van der Waals surface area (Å²) in [5.74, 6) is 0.0399. The van der Waals surface area contributed by atoms with Crippen LogP contribution in [0.15, 0.2) is 18.2 Å². The van der Waals surface area contributed by atoms with Crippen LogP contribution in [0, 0.1) is 5.92 Å². The second-order valence-corrected chi connectivity index (χ2v) is 9.72. The van der Waals surface area contributed by atoms with Crippen LogP contribution >= 0.6 is 0 Å². The van der Waals surface area contributed by atoms with Crippen LogP contribution in [0.2, 0.25) is 0 Å². The van der Waals surface area contributed by atoms with E-state index < -0.39 is 16.1 Å². The number of sulfonamides is 1. The van der Waals surface area contributed by atoms with Crippen LogP contribution in [-0.4, -0.2) is 44.4 Å². The fourth-order valence-corrected chi connectivity index (χ4v) is 4.60. The van der Waals surface area contributed by atoms with E-state index >= 15 is 0 Å². The Morgan fingerprint density at radius 3 is 2.57 bits per heavy atom. The summed E-state index contributed by atoms with van der Waals surface area (Å²) in [6, 6.07) is 4.37. The molecule has 158 valence electrons. The van der Waals surface area contributed by atoms with Crippen molar-refractivity contribution in [3.05, 3.63) is 23.8 Å². The molecule has 0 aliphatic heterocycles. The summed E-state index contributed by atoms with van der Waals surface area (Å²) in [5, 5.41) is 12.9. The Bertz CT molecular complexity index is 779. The zero-order chi connectivity index (χ0) is 20.9. The predicted molar refractivity (Wildman–Crippen MR) is 109 cm³/mol. The van der Waals surface area contributed by atoms with Gasteiger partial charge in [0, 0.05) is 12.0 Å². The van der Waals surface area contributed by atoms with Gasteiger partial charge in [0.05, 0.1) is 12.9 Å². The molecule has 1 aliphatic rings. The maximum absolute atomic E-state index is 12.9. The molecule has 0 aromatic heterocycles. The van der Waals surface area contributed by atoms with Crippen molar-refractivity contribution in [1.82, 2.24) is 10.0 Å².